The number of aliphatic hydroxyl groups excluding tert-OH is 1. The zero-order valence-corrected chi connectivity index (χ0v) is 33.5. The van der Waals surface area contributed by atoms with Gasteiger partial charge in [0.15, 0.2) is 0 Å². The van der Waals surface area contributed by atoms with Crippen LogP contribution in [0, 0.1) is 5.92 Å². The molecule has 2 fully saturated rings. The number of ether oxygens (including phenoxy) is 3. The predicted octanol–water partition coefficient (Wildman–Crippen LogP) is 4.10. The number of pyridine rings is 1. The molecule has 3 aromatic carbocycles. The molecule has 15 nitrogen and oxygen atoms in total. The van der Waals surface area contributed by atoms with Gasteiger partial charge in [0.2, 0.25) is 11.8 Å². The summed E-state index contributed by atoms with van der Waals surface area (Å²) in [6.07, 6.45) is -0.454. The molecule has 1 unspecified atom stereocenters. The van der Waals surface area contributed by atoms with Crippen LogP contribution in [0.15, 0.2) is 102 Å². The SMILES string of the molecule is C=C[C@@H]1C[C@]1(NC(=O)[C@@H]1C[C@@H](Oc2cc(-c3ccccc3)nc3cc(OC)ccc23)CN1C(=O)C(CCO)NC(=O)OC(C)(C)C)C(=O)NS(=O)(=O)c1ccccc1. The second-order valence-electron chi connectivity index (χ2n) is 15.2. The lowest BCUT2D eigenvalue weighted by molar-refractivity contribution is -0.141. The summed E-state index contributed by atoms with van der Waals surface area (Å²) in [6.45, 7) is 8.13. The highest BCUT2D eigenvalue weighted by molar-refractivity contribution is 7.90. The fourth-order valence-corrected chi connectivity index (χ4v) is 8.02. The van der Waals surface area contributed by atoms with Crippen LogP contribution in [0.3, 0.4) is 0 Å². The number of benzene rings is 3. The standard InChI is InChI=1S/C42H47N5O10S/c1-6-27-24-42(27,39(51)46-58(53,54)30-15-11-8-12-16-30)45-37(49)35-22-29(25-47(35)38(50)32(19-20-48)44-40(52)57-41(2,3)4)56-36-23-33(26-13-9-7-10-14-26)43-34-21-28(55-5)17-18-31(34)36/h6-18,21,23,27,29,32,35,48H,1,19-20,22,24-25H2,2-5H3,(H,44,52)(H,45,49)(H,46,51)/t27-,29-,32?,35+,42-/m1/s1. The van der Waals surface area contributed by atoms with E-state index in [1.54, 1.807) is 58.2 Å². The average Bonchev–Trinajstić information content (AvgIpc) is 3.75. The lowest BCUT2D eigenvalue weighted by atomic mass is 10.1. The number of sulfonamides is 1. The van der Waals surface area contributed by atoms with Gasteiger partial charge in [-0.1, -0.05) is 54.6 Å². The first-order chi connectivity index (χ1) is 27.6. The number of fused-ring (bicyclic) bond motifs is 1. The number of aromatic nitrogens is 1. The van der Waals surface area contributed by atoms with E-state index in [0.717, 1.165) is 5.56 Å². The van der Waals surface area contributed by atoms with E-state index in [2.05, 4.69) is 21.9 Å². The maximum Gasteiger partial charge on any atom is 0.408 e. The van der Waals surface area contributed by atoms with E-state index in [0.29, 0.717) is 28.1 Å². The van der Waals surface area contributed by atoms with Gasteiger partial charge < -0.3 is 34.9 Å². The van der Waals surface area contributed by atoms with Gasteiger partial charge in [-0.2, -0.15) is 0 Å². The number of amides is 4. The summed E-state index contributed by atoms with van der Waals surface area (Å²) in [5.41, 5.74) is -0.585. The van der Waals surface area contributed by atoms with Gasteiger partial charge in [0, 0.05) is 42.0 Å². The Bertz CT molecular complexity index is 2300. The van der Waals surface area contributed by atoms with Crippen LogP contribution in [0.1, 0.15) is 40.0 Å². The summed E-state index contributed by atoms with van der Waals surface area (Å²) >= 11 is 0. The summed E-state index contributed by atoms with van der Waals surface area (Å²) in [7, 11) is -2.76. The Balaban J connectivity index is 1.33. The molecule has 58 heavy (non-hydrogen) atoms. The second kappa shape index (κ2) is 16.8. The highest BCUT2D eigenvalue weighted by Crippen LogP contribution is 2.45. The zero-order chi connectivity index (χ0) is 41.8. The number of nitrogens with one attached hydrogen (secondary N) is 3. The average molecular weight is 814 g/mol. The number of rotatable bonds is 14. The molecule has 6 rings (SSSR count). The molecule has 16 heteroatoms. The van der Waals surface area contributed by atoms with E-state index >= 15 is 0 Å². The third-order valence-electron chi connectivity index (χ3n) is 9.93. The first kappa shape index (κ1) is 41.6. The minimum atomic E-state index is -4.30. The molecule has 1 aromatic heterocycles. The number of nitrogens with zero attached hydrogens (tertiary/aromatic N) is 2. The normalized spacial score (nSPS) is 20.7. The second-order valence-corrected chi connectivity index (χ2v) is 16.9. The summed E-state index contributed by atoms with van der Waals surface area (Å²) in [4.78, 5) is 61.3. The molecular formula is C42H47N5O10S. The van der Waals surface area contributed by atoms with Crippen molar-refractivity contribution in [3.05, 3.63) is 97.6 Å². The smallest absolute Gasteiger partial charge is 0.408 e. The van der Waals surface area contributed by atoms with Gasteiger partial charge in [0.1, 0.15) is 40.8 Å². The molecule has 1 aliphatic carbocycles. The Kier molecular flexibility index (Phi) is 12.1. The van der Waals surface area contributed by atoms with Crippen LogP contribution in [0.4, 0.5) is 4.79 Å². The first-order valence-corrected chi connectivity index (χ1v) is 20.2. The fraction of sp³-hybridized carbons (Fsp3) is 0.357. The molecular weight excluding hydrogens is 767 g/mol. The van der Waals surface area contributed by atoms with E-state index in [1.807, 2.05) is 30.3 Å². The monoisotopic (exact) mass is 813 g/mol. The van der Waals surface area contributed by atoms with Crippen LogP contribution in [0.5, 0.6) is 11.5 Å². The van der Waals surface area contributed by atoms with Gasteiger partial charge in [-0.15, -0.1) is 6.58 Å². The Morgan fingerprint density at radius 3 is 2.34 bits per heavy atom. The topological polar surface area (TPSA) is 203 Å². The molecule has 2 aliphatic rings. The van der Waals surface area contributed by atoms with Gasteiger partial charge in [-0.25, -0.2) is 22.9 Å². The van der Waals surface area contributed by atoms with Crippen molar-refractivity contribution in [1.82, 2.24) is 25.2 Å². The molecule has 4 aromatic rings. The molecule has 1 saturated carbocycles. The van der Waals surface area contributed by atoms with E-state index in [9.17, 15) is 32.7 Å². The number of likely N-dealkylation sites (tertiary alicyclic amines) is 1. The summed E-state index contributed by atoms with van der Waals surface area (Å²) in [6, 6.07) is 21.3. The quantitative estimate of drug-likeness (QED) is 0.134. The molecule has 4 amide bonds. The Morgan fingerprint density at radius 1 is 1.03 bits per heavy atom. The number of carbonyl (C=O) groups excluding carboxylic acids is 4. The molecule has 1 saturated heterocycles. The van der Waals surface area contributed by atoms with Crippen molar-refractivity contribution < 1.29 is 46.9 Å². The minimum absolute atomic E-state index is 0.0566. The number of carbonyl (C=O) groups is 4. The lowest BCUT2D eigenvalue weighted by Gasteiger charge is -2.30. The Hall–Kier alpha value is -6.00. The van der Waals surface area contributed by atoms with Crippen molar-refractivity contribution in [1.29, 1.82) is 0 Å². The van der Waals surface area contributed by atoms with Gasteiger partial charge in [-0.05, 0) is 57.9 Å². The van der Waals surface area contributed by atoms with Crippen LogP contribution in [0.25, 0.3) is 22.2 Å². The molecule has 1 aliphatic heterocycles. The van der Waals surface area contributed by atoms with Gasteiger partial charge in [0.05, 0.1) is 29.8 Å². The zero-order valence-electron chi connectivity index (χ0n) is 32.6. The molecule has 2 heterocycles. The number of hydrogen-bond acceptors (Lipinski definition) is 11. The van der Waals surface area contributed by atoms with Crippen LogP contribution in [0.2, 0.25) is 0 Å². The number of alkyl carbamates (subject to hydrolysis) is 1. The van der Waals surface area contributed by atoms with Gasteiger partial charge in [0.25, 0.3) is 15.9 Å². The maximum atomic E-state index is 14.4. The predicted molar refractivity (Wildman–Crippen MR) is 214 cm³/mol. The minimum Gasteiger partial charge on any atom is -0.497 e. The van der Waals surface area contributed by atoms with Crippen LogP contribution in [-0.2, 0) is 29.1 Å². The highest BCUT2D eigenvalue weighted by Gasteiger charge is 2.61. The van der Waals surface area contributed by atoms with Crippen LogP contribution >= 0.6 is 0 Å². The van der Waals surface area contributed by atoms with Crippen molar-refractivity contribution in [2.45, 2.75) is 74.3 Å². The summed E-state index contributed by atoms with van der Waals surface area (Å²) < 4.78 is 45.9. The van der Waals surface area contributed by atoms with Crippen molar-refractivity contribution in [2.75, 3.05) is 20.3 Å². The Labute approximate surface area is 336 Å². The van der Waals surface area contributed by atoms with E-state index in [1.165, 1.54) is 35.2 Å². The maximum absolute atomic E-state index is 14.4. The fourth-order valence-electron chi connectivity index (χ4n) is 6.96. The lowest BCUT2D eigenvalue weighted by Crippen LogP contribution is -2.58. The van der Waals surface area contributed by atoms with E-state index in [-0.39, 0.29) is 30.7 Å². The molecule has 0 spiro atoms. The van der Waals surface area contributed by atoms with Crippen molar-refractivity contribution >= 4 is 44.7 Å². The molecule has 5 atom stereocenters. The first-order valence-electron chi connectivity index (χ1n) is 18.8. The summed E-state index contributed by atoms with van der Waals surface area (Å²) in [5.74, 6) is -2.06. The van der Waals surface area contributed by atoms with Crippen molar-refractivity contribution in [2.24, 2.45) is 5.92 Å². The molecule has 0 radical (unpaired) electrons. The van der Waals surface area contributed by atoms with Crippen molar-refractivity contribution in [3.8, 4) is 22.8 Å². The largest absolute Gasteiger partial charge is 0.497 e. The third kappa shape index (κ3) is 9.24. The molecule has 4 N–H and O–H groups in total. The van der Waals surface area contributed by atoms with E-state index < -0.39 is 75.7 Å². The van der Waals surface area contributed by atoms with Gasteiger partial charge >= 0.3 is 6.09 Å². The van der Waals surface area contributed by atoms with E-state index in [4.69, 9.17) is 19.2 Å². The Morgan fingerprint density at radius 2 is 1.72 bits per heavy atom. The van der Waals surface area contributed by atoms with Gasteiger partial charge in [-0.3, -0.25) is 14.4 Å². The number of hydrogen-bond donors (Lipinski definition) is 4. The van der Waals surface area contributed by atoms with Crippen LogP contribution in [-0.4, -0.2) is 96.8 Å². The molecule has 306 valence electrons. The van der Waals surface area contributed by atoms with Crippen molar-refractivity contribution in [3.63, 3.8) is 0 Å². The molecule has 0 bridgehead atoms. The third-order valence-corrected chi connectivity index (χ3v) is 11.3. The summed E-state index contributed by atoms with van der Waals surface area (Å²) in [5, 5.41) is 15.8. The highest BCUT2D eigenvalue weighted by atomic mass is 32.2. The van der Waals surface area contributed by atoms with Crippen LogP contribution < -0.4 is 24.8 Å². The number of aliphatic hydroxyl groups is 1. The number of methoxy groups -OCH3 is 1.